The molecular weight excluding hydrogens is 328 g/mol. The van der Waals surface area contributed by atoms with E-state index in [2.05, 4.69) is 26.3 Å². The predicted molar refractivity (Wildman–Crippen MR) is 93.0 cm³/mol. The molecule has 6 nitrogen and oxygen atoms in total. The summed E-state index contributed by atoms with van der Waals surface area (Å²) in [5, 5.41) is 7.25. The Bertz CT molecular complexity index is 695. The lowest BCUT2D eigenvalue weighted by molar-refractivity contribution is -0.117. The van der Waals surface area contributed by atoms with Crippen molar-refractivity contribution in [1.82, 2.24) is 15.0 Å². The fourth-order valence-electron chi connectivity index (χ4n) is 2.80. The Kier molecular flexibility index (Phi) is 5.50. The summed E-state index contributed by atoms with van der Waals surface area (Å²) in [5.74, 6) is 0.325. The van der Waals surface area contributed by atoms with E-state index in [-0.39, 0.29) is 5.91 Å². The minimum Gasteiger partial charge on any atom is -0.338 e. The molecule has 1 aliphatic heterocycles. The van der Waals surface area contributed by atoms with Crippen molar-refractivity contribution in [3.05, 3.63) is 46.6 Å². The summed E-state index contributed by atoms with van der Waals surface area (Å²) in [7, 11) is 0. The minimum absolute atomic E-state index is 0.0746. The molecule has 1 saturated heterocycles. The van der Waals surface area contributed by atoms with Gasteiger partial charge in [-0.25, -0.2) is 0 Å². The van der Waals surface area contributed by atoms with Crippen LogP contribution in [0.3, 0.4) is 0 Å². The Labute approximate surface area is 146 Å². The maximum Gasteiger partial charge on any atom is 0.240 e. The van der Waals surface area contributed by atoms with E-state index in [1.54, 1.807) is 6.07 Å². The molecule has 2 heterocycles. The van der Waals surface area contributed by atoms with Gasteiger partial charge in [-0.3, -0.25) is 19.9 Å². The summed E-state index contributed by atoms with van der Waals surface area (Å²) in [4.78, 5) is 16.6. The molecular formula is C17H21ClN4O2. The van der Waals surface area contributed by atoms with Gasteiger partial charge in [0.25, 0.3) is 0 Å². The molecule has 1 aromatic heterocycles. The number of amides is 1. The second-order valence-electron chi connectivity index (χ2n) is 6.06. The highest BCUT2D eigenvalue weighted by Gasteiger charge is 2.19. The standard InChI is InChI=1S/C17H21ClN4O2/c1-13-9-17(24-20-13)19-16(23)12-22-7-5-21(6-8-22)11-14-3-2-4-15(18)10-14/h2-4,9-10H,5-8,11-12H2,1H3,(H,19,23). The van der Waals surface area contributed by atoms with Gasteiger partial charge in [-0.2, -0.15) is 0 Å². The summed E-state index contributed by atoms with van der Waals surface area (Å²) < 4.78 is 5.00. The highest BCUT2D eigenvalue weighted by molar-refractivity contribution is 6.30. The molecule has 0 aliphatic carbocycles. The number of hydrogen-bond acceptors (Lipinski definition) is 5. The molecule has 24 heavy (non-hydrogen) atoms. The van der Waals surface area contributed by atoms with Crippen LogP contribution in [0.1, 0.15) is 11.3 Å². The molecule has 0 spiro atoms. The van der Waals surface area contributed by atoms with Gasteiger partial charge in [0.15, 0.2) is 0 Å². The van der Waals surface area contributed by atoms with Crippen LogP contribution in [0.15, 0.2) is 34.9 Å². The zero-order valence-corrected chi connectivity index (χ0v) is 14.4. The largest absolute Gasteiger partial charge is 0.338 e. The fraction of sp³-hybridized carbons (Fsp3) is 0.412. The molecule has 1 N–H and O–H groups in total. The van der Waals surface area contributed by atoms with Gasteiger partial charge >= 0.3 is 0 Å². The highest BCUT2D eigenvalue weighted by Crippen LogP contribution is 2.14. The lowest BCUT2D eigenvalue weighted by atomic mass is 10.2. The van der Waals surface area contributed by atoms with Crippen LogP contribution in [-0.4, -0.2) is 53.6 Å². The van der Waals surface area contributed by atoms with Crippen molar-refractivity contribution >= 4 is 23.4 Å². The topological polar surface area (TPSA) is 61.6 Å². The van der Waals surface area contributed by atoms with Gasteiger partial charge in [0, 0.05) is 43.8 Å². The zero-order valence-electron chi connectivity index (χ0n) is 13.7. The number of carbonyl (C=O) groups excluding carboxylic acids is 1. The number of nitrogens with zero attached hydrogens (tertiary/aromatic N) is 3. The molecule has 0 saturated carbocycles. The zero-order chi connectivity index (χ0) is 16.9. The maximum absolute atomic E-state index is 12.0. The maximum atomic E-state index is 12.0. The van der Waals surface area contributed by atoms with Crippen LogP contribution < -0.4 is 5.32 Å². The first-order chi connectivity index (χ1) is 11.6. The van der Waals surface area contributed by atoms with Crippen molar-refractivity contribution < 1.29 is 9.32 Å². The number of hydrogen-bond donors (Lipinski definition) is 1. The van der Waals surface area contributed by atoms with Crippen LogP contribution in [0, 0.1) is 6.92 Å². The minimum atomic E-state index is -0.0746. The van der Waals surface area contributed by atoms with E-state index < -0.39 is 0 Å². The molecule has 0 atom stereocenters. The SMILES string of the molecule is Cc1cc(NC(=O)CN2CCN(Cc3cccc(Cl)c3)CC2)on1. The molecule has 3 rings (SSSR count). The lowest BCUT2D eigenvalue weighted by Gasteiger charge is -2.34. The number of aryl methyl sites for hydroxylation is 1. The Hall–Kier alpha value is -1.89. The third kappa shape index (κ3) is 4.80. The molecule has 1 aromatic carbocycles. The second-order valence-corrected chi connectivity index (χ2v) is 6.50. The van der Waals surface area contributed by atoms with Gasteiger partial charge in [0.2, 0.25) is 11.8 Å². The number of carbonyl (C=O) groups is 1. The third-order valence-electron chi connectivity index (χ3n) is 4.02. The molecule has 0 bridgehead atoms. The number of nitrogens with one attached hydrogen (secondary N) is 1. The first-order valence-corrected chi connectivity index (χ1v) is 8.38. The van der Waals surface area contributed by atoms with Gasteiger partial charge in [-0.15, -0.1) is 0 Å². The molecule has 2 aromatic rings. The molecule has 0 unspecified atom stereocenters. The normalized spacial score (nSPS) is 16.2. The molecule has 1 amide bonds. The molecule has 128 valence electrons. The van der Waals surface area contributed by atoms with Crippen LogP contribution in [0.25, 0.3) is 0 Å². The Balaban J connectivity index is 1.42. The lowest BCUT2D eigenvalue weighted by Crippen LogP contribution is -2.48. The van der Waals surface area contributed by atoms with Crippen LogP contribution >= 0.6 is 11.6 Å². The van der Waals surface area contributed by atoms with Crippen LogP contribution in [0.5, 0.6) is 0 Å². The Morgan fingerprint density at radius 1 is 1.25 bits per heavy atom. The van der Waals surface area contributed by atoms with Gasteiger partial charge in [-0.1, -0.05) is 28.9 Å². The van der Waals surface area contributed by atoms with Crippen molar-refractivity contribution in [2.75, 3.05) is 38.0 Å². The monoisotopic (exact) mass is 348 g/mol. The van der Waals surface area contributed by atoms with E-state index in [4.69, 9.17) is 16.1 Å². The number of benzene rings is 1. The van der Waals surface area contributed by atoms with Crippen molar-refractivity contribution in [3.8, 4) is 0 Å². The van der Waals surface area contributed by atoms with E-state index in [1.807, 2.05) is 25.1 Å². The van der Waals surface area contributed by atoms with Gasteiger partial charge in [0.1, 0.15) is 0 Å². The highest BCUT2D eigenvalue weighted by atomic mass is 35.5. The molecule has 0 radical (unpaired) electrons. The first kappa shape index (κ1) is 17.0. The van der Waals surface area contributed by atoms with E-state index in [9.17, 15) is 4.79 Å². The number of rotatable bonds is 5. The number of anilines is 1. The van der Waals surface area contributed by atoms with Crippen LogP contribution in [-0.2, 0) is 11.3 Å². The van der Waals surface area contributed by atoms with Crippen molar-refractivity contribution in [2.45, 2.75) is 13.5 Å². The Morgan fingerprint density at radius 3 is 2.67 bits per heavy atom. The summed E-state index contributed by atoms with van der Waals surface area (Å²) in [6, 6.07) is 9.66. The summed E-state index contributed by atoms with van der Waals surface area (Å²) in [6.07, 6.45) is 0. The van der Waals surface area contributed by atoms with Gasteiger partial charge < -0.3 is 4.52 Å². The number of piperazine rings is 1. The molecule has 1 aliphatic rings. The first-order valence-electron chi connectivity index (χ1n) is 8.01. The summed E-state index contributed by atoms with van der Waals surface area (Å²) >= 11 is 6.03. The van der Waals surface area contributed by atoms with Crippen molar-refractivity contribution in [1.29, 1.82) is 0 Å². The smallest absolute Gasteiger partial charge is 0.240 e. The van der Waals surface area contributed by atoms with Gasteiger partial charge in [0.05, 0.1) is 12.2 Å². The summed E-state index contributed by atoms with van der Waals surface area (Å²) in [6.45, 7) is 6.66. The van der Waals surface area contributed by atoms with E-state index in [1.165, 1.54) is 5.56 Å². The van der Waals surface area contributed by atoms with Crippen LogP contribution in [0.2, 0.25) is 5.02 Å². The molecule has 1 fully saturated rings. The Morgan fingerprint density at radius 2 is 2.00 bits per heavy atom. The van der Waals surface area contributed by atoms with Gasteiger partial charge in [-0.05, 0) is 24.6 Å². The second kappa shape index (κ2) is 7.79. The van der Waals surface area contributed by atoms with E-state index in [0.29, 0.717) is 12.4 Å². The number of aromatic nitrogens is 1. The summed E-state index contributed by atoms with van der Waals surface area (Å²) in [5.41, 5.74) is 1.97. The quantitative estimate of drug-likeness (QED) is 0.899. The predicted octanol–water partition coefficient (Wildman–Crippen LogP) is 2.39. The average Bonchev–Trinajstić information content (AvgIpc) is 2.94. The van der Waals surface area contributed by atoms with E-state index >= 15 is 0 Å². The van der Waals surface area contributed by atoms with Crippen LogP contribution in [0.4, 0.5) is 5.88 Å². The fourth-order valence-corrected chi connectivity index (χ4v) is 3.01. The molecule has 7 heteroatoms. The average molecular weight is 349 g/mol. The van der Waals surface area contributed by atoms with E-state index in [0.717, 1.165) is 43.4 Å². The third-order valence-corrected chi connectivity index (χ3v) is 4.25. The van der Waals surface area contributed by atoms with Crippen molar-refractivity contribution in [2.24, 2.45) is 0 Å². The van der Waals surface area contributed by atoms with Crippen molar-refractivity contribution in [3.63, 3.8) is 0 Å². The number of halogens is 1.